The zero-order chi connectivity index (χ0) is 23.1. The molecule has 3 nitrogen and oxygen atoms in total. The van der Waals surface area contributed by atoms with E-state index in [0.717, 1.165) is 43.5 Å². The molecule has 33 heavy (non-hydrogen) atoms. The Kier molecular flexibility index (Phi) is 8.26. The maximum atomic E-state index is 12.0. The number of β-amino-alcohol motifs (C(OH)–C–C–N with tert-alkyl or cyclic N) is 1. The van der Waals surface area contributed by atoms with Crippen LogP contribution in [0, 0.1) is 5.92 Å². The number of hydrogen-bond donors (Lipinski definition) is 2. The first-order chi connectivity index (χ1) is 16.1. The van der Waals surface area contributed by atoms with Crippen molar-refractivity contribution in [2.75, 3.05) is 25.4 Å². The highest BCUT2D eigenvalue weighted by molar-refractivity contribution is 7.99. The summed E-state index contributed by atoms with van der Waals surface area (Å²) in [7, 11) is 0. The second-order valence-electron chi connectivity index (χ2n) is 9.04. The first-order valence-electron chi connectivity index (χ1n) is 12.0. The van der Waals surface area contributed by atoms with Gasteiger partial charge >= 0.3 is 0 Å². The molecule has 4 heteroatoms. The van der Waals surface area contributed by atoms with E-state index < -0.39 is 5.60 Å². The van der Waals surface area contributed by atoms with Gasteiger partial charge in [0.2, 0.25) is 0 Å². The monoisotopic (exact) mass is 461 g/mol. The van der Waals surface area contributed by atoms with Crippen LogP contribution in [0.3, 0.4) is 0 Å². The lowest BCUT2D eigenvalue weighted by atomic mass is 9.72. The number of thioether (sulfide) groups is 1. The number of aliphatic hydroxyl groups is 2. The van der Waals surface area contributed by atoms with Crippen molar-refractivity contribution in [3.63, 3.8) is 0 Å². The van der Waals surface area contributed by atoms with Gasteiger partial charge in [0, 0.05) is 17.2 Å². The molecule has 0 radical (unpaired) electrons. The molecule has 0 aliphatic carbocycles. The summed E-state index contributed by atoms with van der Waals surface area (Å²) >= 11 is 1.72. The van der Waals surface area contributed by atoms with Crippen molar-refractivity contribution in [2.24, 2.45) is 5.92 Å². The molecule has 3 aromatic rings. The van der Waals surface area contributed by atoms with Crippen LogP contribution in [0.5, 0.6) is 0 Å². The van der Waals surface area contributed by atoms with Crippen LogP contribution in [0.15, 0.2) is 89.8 Å². The van der Waals surface area contributed by atoms with E-state index in [1.165, 1.54) is 10.5 Å². The second kappa shape index (κ2) is 11.3. The van der Waals surface area contributed by atoms with Crippen molar-refractivity contribution < 1.29 is 10.2 Å². The van der Waals surface area contributed by atoms with Crippen LogP contribution in [0.2, 0.25) is 0 Å². The van der Waals surface area contributed by atoms with Gasteiger partial charge in [-0.3, -0.25) is 0 Å². The van der Waals surface area contributed by atoms with Crippen LogP contribution in [0.1, 0.15) is 36.5 Å². The fraction of sp³-hybridized carbons (Fsp3) is 0.379. The molecule has 0 bridgehead atoms. The van der Waals surface area contributed by atoms with E-state index in [1.54, 1.807) is 11.8 Å². The van der Waals surface area contributed by atoms with Crippen LogP contribution in [-0.4, -0.2) is 46.6 Å². The molecular weight excluding hydrogens is 426 g/mol. The van der Waals surface area contributed by atoms with Crippen molar-refractivity contribution in [3.8, 4) is 0 Å². The summed E-state index contributed by atoms with van der Waals surface area (Å²) in [5.41, 5.74) is 2.27. The Morgan fingerprint density at radius 1 is 0.879 bits per heavy atom. The highest BCUT2D eigenvalue weighted by atomic mass is 32.2. The molecule has 1 fully saturated rings. The van der Waals surface area contributed by atoms with Gasteiger partial charge in [-0.1, -0.05) is 79.7 Å². The zero-order valence-corrected chi connectivity index (χ0v) is 20.3. The van der Waals surface area contributed by atoms with Gasteiger partial charge in [-0.25, -0.2) is 0 Å². The molecule has 1 unspecified atom stereocenters. The highest BCUT2D eigenvalue weighted by Crippen LogP contribution is 2.41. The van der Waals surface area contributed by atoms with E-state index in [1.807, 2.05) is 60.7 Å². The molecule has 1 heterocycles. The zero-order valence-electron chi connectivity index (χ0n) is 19.4. The lowest BCUT2D eigenvalue weighted by Crippen LogP contribution is -2.46. The van der Waals surface area contributed by atoms with Crippen LogP contribution in [-0.2, 0) is 12.0 Å². The lowest BCUT2D eigenvalue weighted by Gasteiger charge is -2.42. The summed E-state index contributed by atoms with van der Waals surface area (Å²) in [6, 6.07) is 28.8. The number of piperidine rings is 1. The quantitative estimate of drug-likeness (QED) is 0.422. The molecule has 0 spiro atoms. The Bertz CT molecular complexity index is 930. The number of benzene rings is 3. The summed E-state index contributed by atoms with van der Waals surface area (Å²) < 4.78 is 0. The van der Waals surface area contributed by atoms with E-state index in [4.69, 9.17) is 0 Å². The second-order valence-corrected chi connectivity index (χ2v) is 10.1. The van der Waals surface area contributed by atoms with Gasteiger partial charge in [-0.2, -0.15) is 0 Å². The average Bonchev–Trinajstić information content (AvgIpc) is 2.89. The number of aryl methyl sites for hydroxylation is 1. The standard InChI is InChI=1S/C29H35NO2S/c1-2-23-13-15-28(16-14-23)33-22-27(31)21-30-19-17-26(18-20-30)29(32,24-9-5-3-6-10-24)25-11-7-4-8-12-25/h3-16,26-27,31-32H,2,17-22H2,1H3. The van der Waals surface area contributed by atoms with E-state index in [-0.39, 0.29) is 12.0 Å². The number of rotatable bonds is 9. The fourth-order valence-electron chi connectivity index (χ4n) is 4.92. The predicted molar refractivity (Wildman–Crippen MR) is 138 cm³/mol. The first-order valence-corrected chi connectivity index (χ1v) is 13.0. The minimum absolute atomic E-state index is 0.141. The van der Waals surface area contributed by atoms with E-state index in [0.29, 0.717) is 12.3 Å². The van der Waals surface area contributed by atoms with Crippen molar-refractivity contribution in [3.05, 3.63) is 102 Å². The molecule has 0 amide bonds. The van der Waals surface area contributed by atoms with Gasteiger partial charge in [0.25, 0.3) is 0 Å². The molecule has 174 valence electrons. The highest BCUT2D eigenvalue weighted by Gasteiger charge is 2.41. The van der Waals surface area contributed by atoms with E-state index in [2.05, 4.69) is 36.1 Å². The van der Waals surface area contributed by atoms with Gasteiger partial charge in [0.1, 0.15) is 5.60 Å². The minimum Gasteiger partial charge on any atom is -0.391 e. The normalized spacial score (nSPS) is 16.6. The Morgan fingerprint density at radius 3 is 1.94 bits per heavy atom. The Hall–Kier alpha value is -2.11. The molecule has 1 saturated heterocycles. The van der Waals surface area contributed by atoms with Gasteiger partial charge in [0.15, 0.2) is 0 Å². The van der Waals surface area contributed by atoms with Crippen LogP contribution >= 0.6 is 11.8 Å². The first kappa shape index (κ1) is 24.0. The van der Waals surface area contributed by atoms with Gasteiger partial charge < -0.3 is 15.1 Å². The van der Waals surface area contributed by atoms with Crippen LogP contribution in [0.4, 0.5) is 0 Å². The lowest BCUT2D eigenvalue weighted by molar-refractivity contribution is -0.0186. The van der Waals surface area contributed by atoms with E-state index in [9.17, 15) is 10.2 Å². The molecule has 1 atom stereocenters. The number of likely N-dealkylation sites (tertiary alicyclic amines) is 1. The van der Waals surface area contributed by atoms with Crippen molar-refractivity contribution in [1.82, 2.24) is 4.90 Å². The molecule has 2 N–H and O–H groups in total. The minimum atomic E-state index is -0.992. The molecule has 3 aromatic carbocycles. The van der Waals surface area contributed by atoms with Crippen molar-refractivity contribution in [2.45, 2.75) is 42.8 Å². The summed E-state index contributed by atoms with van der Waals surface area (Å²) in [6.07, 6.45) is 2.49. The van der Waals surface area contributed by atoms with Crippen molar-refractivity contribution >= 4 is 11.8 Å². The smallest absolute Gasteiger partial charge is 0.117 e. The summed E-state index contributed by atoms with van der Waals surface area (Å²) in [5, 5.41) is 22.7. The fourth-order valence-corrected chi connectivity index (χ4v) is 5.74. The molecule has 1 aliphatic rings. The molecule has 4 rings (SSSR count). The number of aliphatic hydroxyl groups excluding tert-OH is 1. The summed E-state index contributed by atoms with van der Waals surface area (Å²) in [6.45, 7) is 4.62. The van der Waals surface area contributed by atoms with Gasteiger partial charge in [-0.15, -0.1) is 11.8 Å². The summed E-state index contributed by atoms with van der Waals surface area (Å²) in [4.78, 5) is 3.55. The third-order valence-electron chi connectivity index (χ3n) is 6.85. The van der Waals surface area contributed by atoms with Crippen LogP contribution < -0.4 is 0 Å². The molecular formula is C29H35NO2S. The Labute approximate surface area is 202 Å². The average molecular weight is 462 g/mol. The maximum Gasteiger partial charge on any atom is 0.117 e. The predicted octanol–water partition coefficient (Wildman–Crippen LogP) is 5.35. The third-order valence-corrected chi connectivity index (χ3v) is 8.01. The van der Waals surface area contributed by atoms with Crippen LogP contribution in [0.25, 0.3) is 0 Å². The Balaban J connectivity index is 1.34. The molecule has 1 aliphatic heterocycles. The summed E-state index contributed by atoms with van der Waals surface area (Å²) in [5.74, 6) is 0.839. The number of nitrogens with zero attached hydrogens (tertiary/aromatic N) is 1. The van der Waals surface area contributed by atoms with Crippen molar-refractivity contribution in [1.29, 1.82) is 0 Å². The number of hydrogen-bond acceptors (Lipinski definition) is 4. The van der Waals surface area contributed by atoms with Gasteiger partial charge in [-0.05, 0) is 67.1 Å². The Morgan fingerprint density at radius 2 is 1.42 bits per heavy atom. The maximum absolute atomic E-state index is 12.0. The third kappa shape index (κ3) is 5.88. The SMILES string of the molecule is CCc1ccc(SCC(O)CN2CCC(C(O)(c3ccccc3)c3ccccc3)CC2)cc1. The molecule has 0 saturated carbocycles. The van der Waals surface area contributed by atoms with E-state index >= 15 is 0 Å². The largest absolute Gasteiger partial charge is 0.391 e. The van der Waals surface area contributed by atoms with Gasteiger partial charge in [0.05, 0.1) is 6.10 Å². The molecule has 0 aromatic heterocycles. The topological polar surface area (TPSA) is 43.7 Å².